The Bertz CT molecular complexity index is 896. The first-order chi connectivity index (χ1) is 11.7. The number of aromatic amines is 1. The minimum Gasteiger partial charge on any atom is -0.405 e. The van der Waals surface area contributed by atoms with E-state index in [1.165, 1.54) is 16.5 Å². The molecule has 2 heterocycles. The van der Waals surface area contributed by atoms with Crippen LogP contribution in [-0.4, -0.2) is 23.1 Å². The number of nitrogens with zero attached hydrogens (tertiary/aromatic N) is 1. The van der Waals surface area contributed by atoms with E-state index in [1.54, 1.807) is 0 Å². The third-order valence-electron chi connectivity index (χ3n) is 4.40. The lowest BCUT2D eigenvalue weighted by Gasteiger charge is -2.16. The van der Waals surface area contributed by atoms with Crippen molar-refractivity contribution in [3.8, 4) is 0 Å². The van der Waals surface area contributed by atoms with Crippen LogP contribution in [0.2, 0.25) is 5.02 Å². The Morgan fingerprint density at radius 2 is 2.00 bits per heavy atom. The van der Waals surface area contributed by atoms with Crippen LogP contribution in [0.5, 0.6) is 0 Å². The molecule has 0 atom stereocenters. The summed E-state index contributed by atoms with van der Waals surface area (Å²) in [5.41, 5.74) is 4.77. The van der Waals surface area contributed by atoms with Crippen LogP contribution in [0.3, 0.4) is 0 Å². The Labute approximate surface area is 146 Å². The van der Waals surface area contributed by atoms with Gasteiger partial charge >= 0.3 is 0 Å². The Morgan fingerprint density at radius 3 is 2.83 bits per heavy atom. The summed E-state index contributed by atoms with van der Waals surface area (Å²) in [5.74, 6) is 0.942. The molecule has 1 aliphatic rings. The summed E-state index contributed by atoms with van der Waals surface area (Å²) in [6.45, 7) is 3.74. The summed E-state index contributed by atoms with van der Waals surface area (Å²) in [6.07, 6.45) is 5.11. The van der Waals surface area contributed by atoms with Gasteiger partial charge in [-0.1, -0.05) is 41.4 Å². The molecule has 0 aliphatic carbocycles. The predicted octanol–water partition coefficient (Wildman–Crippen LogP) is 4.96. The molecule has 0 spiro atoms. The van der Waals surface area contributed by atoms with Crippen molar-refractivity contribution in [2.24, 2.45) is 0 Å². The van der Waals surface area contributed by atoms with E-state index in [4.69, 9.17) is 16.4 Å². The Morgan fingerprint density at radius 1 is 1.17 bits per heavy atom. The number of nitrogens with one attached hydrogen (secondary N) is 1. The lowest BCUT2D eigenvalue weighted by molar-refractivity contribution is -0.0597. The maximum Gasteiger partial charge on any atom is 0.152 e. The summed E-state index contributed by atoms with van der Waals surface area (Å²) in [4.78, 5) is 9.28. The fraction of sp³-hybridized carbons (Fsp3) is 0.200. The lowest BCUT2D eigenvalue weighted by atomic mass is 10.1. The molecule has 4 rings (SSSR count). The molecular formula is C20H19ClN2O. The van der Waals surface area contributed by atoms with E-state index < -0.39 is 0 Å². The van der Waals surface area contributed by atoms with E-state index >= 15 is 0 Å². The molecule has 0 radical (unpaired) electrons. The minimum atomic E-state index is 0.768. The molecule has 3 nitrogen and oxygen atoms in total. The van der Waals surface area contributed by atoms with Gasteiger partial charge in [0.25, 0.3) is 0 Å². The van der Waals surface area contributed by atoms with Crippen LogP contribution in [-0.2, 0) is 11.3 Å². The summed E-state index contributed by atoms with van der Waals surface area (Å²) < 4.78 is 0. The van der Waals surface area contributed by atoms with Crippen LogP contribution in [0.4, 0.5) is 0 Å². The Balaban J connectivity index is 1.40. The van der Waals surface area contributed by atoms with Gasteiger partial charge in [-0.15, -0.1) is 5.06 Å². The van der Waals surface area contributed by atoms with Gasteiger partial charge in [0, 0.05) is 34.2 Å². The quantitative estimate of drug-likeness (QED) is 0.728. The number of aromatic nitrogens is 1. The van der Waals surface area contributed by atoms with Crippen molar-refractivity contribution >= 4 is 28.3 Å². The van der Waals surface area contributed by atoms with Gasteiger partial charge in [0.05, 0.1) is 6.54 Å². The predicted molar refractivity (Wildman–Crippen MR) is 98.8 cm³/mol. The third-order valence-corrected chi connectivity index (χ3v) is 4.64. The fourth-order valence-electron chi connectivity index (χ4n) is 3.03. The first-order valence-corrected chi connectivity index (χ1v) is 8.52. The normalized spacial score (nSPS) is 14.8. The van der Waals surface area contributed by atoms with Gasteiger partial charge in [0.15, 0.2) is 5.76 Å². The van der Waals surface area contributed by atoms with E-state index in [0.717, 1.165) is 41.4 Å². The number of fused-ring (bicyclic) bond motifs is 1. The molecule has 1 aromatic heterocycles. The highest BCUT2D eigenvalue weighted by atomic mass is 35.5. The smallest absolute Gasteiger partial charge is 0.152 e. The van der Waals surface area contributed by atoms with Crippen LogP contribution in [0.15, 0.2) is 54.7 Å². The van der Waals surface area contributed by atoms with E-state index in [0.29, 0.717) is 0 Å². The SMILES string of the molecule is Cc1ccc(C2=CCN(CCc3c[nH]c4ccc(Cl)cc34)O2)cc1. The van der Waals surface area contributed by atoms with Crippen molar-refractivity contribution in [1.82, 2.24) is 10.0 Å². The number of hydrogen-bond donors (Lipinski definition) is 1. The van der Waals surface area contributed by atoms with Crippen molar-refractivity contribution in [2.75, 3.05) is 13.1 Å². The lowest BCUT2D eigenvalue weighted by Crippen LogP contribution is -2.21. The summed E-state index contributed by atoms with van der Waals surface area (Å²) >= 11 is 6.12. The van der Waals surface area contributed by atoms with Crippen molar-refractivity contribution in [2.45, 2.75) is 13.3 Å². The average molecular weight is 339 g/mol. The van der Waals surface area contributed by atoms with Crippen LogP contribution in [0.1, 0.15) is 16.7 Å². The summed E-state index contributed by atoms with van der Waals surface area (Å²) in [5, 5.41) is 3.95. The summed E-state index contributed by atoms with van der Waals surface area (Å²) in [6, 6.07) is 14.4. The molecular weight excluding hydrogens is 320 g/mol. The molecule has 0 amide bonds. The van der Waals surface area contributed by atoms with Gasteiger partial charge in [-0.3, -0.25) is 0 Å². The maximum absolute atomic E-state index is 6.12. The monoisotopic (exact) mass is 338 g/mol. The minimum absolute atomic E-state index is 0.768. The standard InChI is InChI=1S/C20H19ClN2O/c1-14-2-4-15(5-3-14)20-9-11-23(24-20)10-8-16-13-22-19-7-6-17(21)12-18(16)19/h2-7,9,12-13,22H,8,10-11H2,1H3. The average Bonchev–Trinajstić information content (AvgIpc) is 3.20. The van der Waals surface area contributed by atoms with E-state index in [-0.39, 0.29) is 0 Å². The zero-order valence-corrected chi connectivity index (χ0v) is 14.3. The number of hydroxylamine groups is 2. The van der Waals surface area contributed by atoms with Gasteiger partial charge in [0.2, 0.25) is 0 Å². The first kappa shape index (κ1) is 15.3. The molecule has 4 heteroatoms. The van der Waals surface area contributed by atoms with Crippen LogP contribution in [0.25, 0.3) is 16.7 Å². The molecule has 3 aromatic rings. The van der Waals surface area contributed by atoms with Crippen molar-refractivity contribution in [1.29, 1.82) is 0 Å². The second kappa shape index (κ2) is 6.34. The first-order valence-electron chi connectivity index (χ1n) is 8.15. The molecule has 1 N–H and O–H groups in total. The number of aryl methyl sites for hydroxylation is 1. The highest BCUT2D eigenvalue weighted by Gasteiger charge is 2.17. The molecule has 0 saturated heterocycles. The number of hydrogen-bond acceptors (Lipinski definition) is 2. The van der Waals surface area contributed by atoms with Crippen LogP contribution < -0.4 is 0 Å². The van der Waals surface area contributed by atoms with Crippen LogP contribution >= 0.6 is 11.6 Å². The highest BCUT2D eigenvalue weighted by Crippen LogP contribution is 2.25. The maximum atomic E-state index is 6.12. The van der Waals surface area contributed by atoms with E-state index in [1.807, 2.05) is 23.3 Å². The van der Waals surface area contributed by atoms with Gasteiger partial charge in [0.1, 0.15) is 0 Å². The fourth-order valence-corrected chi connectivity index (χ4v) is 3.20. The molecule has 122 valence electrons. The second-order valence-electron chi connectivity index (χ2n) is 6.17. The van der Waals surface area contributed by atoms with Gasteiger partial charge in [-0.2, -0.15) is 0 Å². The van der Waals surface area contributed by atoms with Crippen molar-refractivity contribution in [3.05, 3.63) is 76.5 Å². The number of benzene rings is 2. The Kier molecular flexibility index (Phi) is 4.05. The van der Waals surface area contributed by atoms with E-state index in [2.05, 4.69) is 48.4 Å². The molecule has 24 heavy (non-hydrogen) atoms. The highest BCUT2D eigenvalue weighted by molar-refractivity contribution is 6.31. The van der Waals surface area contributed by atoms with Gasteiger partial charge < -0.3 is 9.82 Å². The molecule has 0 unspecified atom stereocenters. The Hall–Kier alpha value is -2.23. The van der Waals surface area contributed by atoms with E-state index in [9.17, 15) is 0 Å². The van der Waals surface area contributed by atoms with Crippen molar-refractivity contribution < 1.29 is 4.84 Å². The zero-order chi connectivity index (χ0) is 16.5. The molecule has 1 aliphatic heterocycles. The van der Waals surface area contributed by atoms with Gasteiger partial charge in [-0.25, -0.2) is 0 Å². The number of H-pyrrole nitrogens is 1. The second-order valence-corrected chi connectivity index (χ2v) is 6.60. The third kappa shape index (κ3) is 3.05. The molecule has 2 aromatic carbocycles. The zero-order valence-electron chi connectivity index (χ0n) is 13.6. The van der Waals surface area contributed by atoms with Crippen molar-refractivity contribution in [3.63, 3.8) is 0 Å². The molecule has 0 bridgehead atoms. The number of rotatable bonds is 4. The molecule has 0 saturated carbocycles. The topological polar surface area (TPSA) is 28.3 Å². The largest absolute Gasteiger partial charge is 0.405 e. The van der Waals surface area contributed by atoms with Crippen LogP contribution in [0, 0.1) is 6.92 Å². The molecule has 0 fully saturated rings. The van der Waals surface area contributed by atoms with Gasteiger partial charge in [-0.05, 0) is 43.2 Å². The summed E-state index contributed by atoms with van der Waals surface area (Å²) in [7, 11) is 0. The number of halogens is 1.